The number of benzene rings is 1. The molecule has 1 aliphatic heterocycles. The van der Waals surface area contributed by atoms with Crippen LogP contribution in [0.5, 0.6) is 11.5 Å². The number of ether oxygens (including phenoxy) is 2. The summed E-state index contributed by atoms with van der Waals surface area (Å²) in [6.07, 6.45) is 8.19. The summed E-state index contributed by atoms with van der Waals surface area (Å²) in [6, 6.07) is 3.73. The number of methoxy groups -OCH3 is 1. The average molecular weight is 445 g/mol. The van der Waals surface area contributed by atoms with Crippen molar-refractivity contribution in [2.24, 2.45) is 0 Å². The molecule has 166 valence electrons. The lowest BCUT2D eigenvalue weighted by Gasteiger charge is -2.19. The van der Waals surface area contributed by atoms with Gasteiger partial charge in [0.05, 0.1) is 19.5 Å². The van der Waals surface area contributed by atoms with Crippen LogP contribution < -0.4 is 9.47 Å². The summed E-state index contributed by atoms with van der Waals surface area (Å²) in [6.45, 7) is 4.47. The number of aliphatic hydroxyl groups is 1. The van der Waals surface area contributed by atoms with Gasteiger partial charge in [0.2, 0.25) is 0 Å². The number of thioether (sulfide) groups is 1. The van der Waals surface area contributed by atoms with Crippen molar-refractivity contribution in [1.82, 2.24) is 0 Å². The van der Waals surface area contributed by atoms with Crippen LogP contribution in [0.3, 0.4) is 0 Å². The van der Waals surface area contributed by atoms with E-state index in [9.17, 15) is 8.42 Å². The summed E-state index contributed by atoms with van der Waals surface area (Å²) in [4.78, 5) is 0.198. The molecule has 0 aromatic heterocycles. The van der Waals surface area contributed by atoms with E-state index in [1.54, 1.807) is 13.2 Å². The molecule has 1 heterocycles. The van der Waals surface area contributed by atoms with Crippen LogP contribution in [0.25, 0.3) is 0 Å². The molecule has 29 heavy (non-hydrogen) atoms. The lowest BCUT2D eigenvalue weighted by molar-refractivity contribution is 0.285. The number of unbranched alkanes of at least 4 members (excludes halogenated alkanes) is 2. The Bertz CT molecular complexity index is 733. The Morgan fingerprint density at radius 3 is 2.59 bits per heavy atom. The zero-order valence-electron chi connectivity index (χ0n) is 18.0. The third-order valence-electron chi connectivity index (χ3n) is 5.23. The quantitative estimate of drug-likeness (QED) is 0.424. The second-order valence-electron chi connectivity index (χ2n) is 7.61. The lowest BCUT2D eigenvalue weighted by atomic mass is 10.0. The van der Waals surface area contributed by atoms with Gasteiger partial charge in [-0.3, -0.25) is 0 Å². The Morgan fingerprint density at radius 1 is 1.14 bits per heavy atom. The van der Waals surface area contributed by atoms with Crippen LogP contribution in [-0.4, -0.2) is 44.9 Å². The first kappa shape index (κ1) is 24.4. The molecule has 0 amide bonds. The standard InChI is InChI=1S/C22H36O5S2/c1-4-6-7-9-18-10-11-20(28-18)17-15-19(26-3)22(27-13-5-2)21(16-17)29(24,25)14-8-12-23/h15-16,18,20,23H,4-14H2,1-3H3. The molecule has 1 aromatic rings. The molecule has 1 aliphatic rings. The van der Waals surface area contributed by atoms with Crippen molar-refractivity contribution in [3.63, 3.8) is 0 Å². The van der Waals surface area contributed by atoms with Gasteiger partial charge in [-0.1, -0.05) is 33.1 Å². The first-order valence-corrected chi connectivity index (χ1v) is 13.4. The largest absolute Gasteiger partial charge is 0.493 e. The van der Waals surface area contributed by atoms with Crippen LogP contribution in [0.15, 0.2) is 17.0 Å². The van der Waals surface area contributed by atoms with Gasteiger partial charge in [-0.25, -0.2) is 8.42 Å². The number of sulfone groups is 1. The predicted molar refractivity (Wildman–Crippen MR) is 120 cm³/mol. The molecule has 2 unspecified atom stereocenters. The molecule has 1 N–H and O–H groups in total. The molecule has 0 saturated carbocycles. The highest BCUT2D eigenvalue weighted by Gasteiger charge is 2.30. The van der Waals surface area contributed by atoms with E-state index in [0.29, 0.717) is 23.4 Å². The number of rotatable bonds is 13. The maximum Gasteiger partial charge on any atom is 0.182 e. The zero-order chi connectivity index (χ0) is 21.3. The van der Waals surface area contributed by atoms with Crippen LogP contribution in [0.2, 0.25) is 0 Å². The highest BCUT2D eigenvalue weighted by Crippen LogP contribution is 2.49. The molecule has 5 nitrogen and oxygen atoms in total. The third kappa shape index (κ3) is 6.79. The first-order valence-electron chi connectivity index (χ1n) is 10.8. The van der Waals surface area contributed by atoms with Gasteiger partial charge in [-0.2, -0.15) is 11.8 Å². The molecule has 1 aromatic carbocycles. The highest BCUT2D eigenvalue weighted by atomic mass is 32.2. The smallest absolute Gasteiger partial charge is 0.182 e. The van der Waals surface area contributed by atoms with E-state index in [1.165, 1.54) is 32.1 Å². The van der Waals surface area contributed by atoms with Crippen LogP contribution in [0.4, 0.5) is 0 Å². The van der Waals surface area contributed by atoms with E-state index < -0.39 is 9.84 Å². The molecule has 1 fully saturated rings. The Balaban J connectivity index is 2.33. The van der Waals surface area contributed by atoms with Gasteiger partial charge in [-0.15, -0.1) is 0 Å². The maximum absolute atomic E-state index is 13.0. The van der Waals surface area contributed by atoms with Crippen molar-refractivity contribution in [2.75, 3.05) is 26.1 Å². The Hall–Kier alpha value is -0.920. The predicted octanol–water partition coefficient (Wildman–Crippen LogP) is 5.16. The molecule has 0 aliphatic carbocycles. The fourth-order valence-corrected chi connectivity index (χ4v) is 6.75. The maximum atomic E-state index is 13.0. The summed E-state index contributed by atoms with van der Waals surface area (Å²) in [7, 11) is -2.02. The fourth-order valence-electron chi connectivity index (χ4n) is 3.66. The van der Waals surface area contributed by atoms with Crippen molar-refractivity contribution in [3.8, 4) is 11.5 Å². The second-order valence-corrected chi connectivity index (χ2v) is 11.2. The zero-order valence-corrected chi connectivity index (χ0v) is 19.6. The average Bonchev–Trinajstić information content (AvgIpc) is 3.19. The Kier molecular flexibility index (Phi) is 10.1. The monoisotopic (exact) mass is 444 g/mol. The number of hydrogen-bond acceptors (Lipinski definition) is 6. The first-order chi connectivity index (χ1) is 14.0. The van der Waals surface area contributed by atoms with Crippen molar-refractivity contribution < 1.29 is 23.0 Å². The molecule has 7 heteroatoms. The third-order valence-corrected chi connectivity index (χ3v) is 8.72. The van der Waals surface area contributed by atoms with Gasteiger partial charge < -0.3 is 14.6 Å². The van der Waals surface area contributed by atoms with E-state index in [0.717, 1.165) is 18.4 Å². The molecule has 1 saturated heterocycles. The van der Waals surface area contributed by atoms with E-state index in [4.69, 9.17) is 14.6 Å². The van der Waals surface area contributed by atoms with E-state index >= 15 is 0 Å². The minimum atomic E-state index is -3.57. The number of aliphatic hydroxyl groups excluding tert-OH is 1. The van der Waals surface area contributed by atoms with Gasteiger partial charge in [0, 0.05) is 17.1 Å². The van der Waals surface area contributed by atoms with Crippen molar-refractivity contribution in [3.05, 3.63) is 17.7 Å². The molecule has 2 rings (SSSR count). The van der Waals surface area contributed by atoms with Gasteiger partial charge in [-0.05, 0) is 49.8 Å². The van der Waals surface area contributed by atoms with Crippen LogP contribution >= 0.6 is 11.8 Å². The van der Waals surface area contributed by atoms with Gasteiger partial charge in [0.15, 0.2) is 21.3 Å². The van der Waals surface area contributed by atoms with E-state index in [2.05, 4.69) is 6.92 Å². The topological polar surface area (TPSA) is 72.8 Å². The highest BCUT2D eigenvalue weighted by molar-refractivity contribution is 8.00. The molecular formula is C22H36O5S2. The van der Waals surface area contributed by atoms with E-state index in [1.807, 2.05) is 24.8 Å². The van der Waals surface area contributed by atoms with Crippen molar-refractivity contribution in [1.29, 1.82) is 0 Å². The molecule has 0 bridgehead atoms. The van der Waals surface area contributed by atoms with Crippen LogP contribution in [-0.2, 0) is 9.84 Å². The molecule has 2 atom stereocenters. The van der Waals surface area contributed by atoms with Crippen molar-refractivity contribution >= 4 is 21.6 Å². The molecule has 0 spiro atoms. The lowest BCUT2D eigenvalue weighted by Crippen LogP contribution is -2.12. The van der Waals surface area contributed by atoms with Gasteiger partial charge in [0.25, 0.3) is 0 Å². The molecule has 0 radical (unpaired) electrons. The minimum absolute atomic E-state index is 0.101. The van der Waals surface area contributed by atoms with Gasteiger partial charge >= 0.3 is 0 Å². The van der Waals surface area contributed by atoms with Crippen molar-refractivity contribution in [2.45, 2.75) is 80.6 Å². The SMILES string of the molecule is CCCCCC1CCC(c2cc(OC)c(OCCC)c(S(=O)(=O)CCCO)c2)S1. The Morgan fingerprint density at radius 2 is 1.93 bits per heavy atom. The normalized spacial score (nSPS) is 19.4. The van der Waals surface area contributed by atoms with Gasteiger partial charge in [0.1, 0.15) is 4.90 Å². The Labute approximate surface area is 180 Å². The summed E-state index contributed by atoms with van der Waals surface area (Å²) < 4.78 is 37.3. The summed E-state index contributed by atoms with van der Waals surface area (Å²) in [5.41, 5.74) is 0.997. The van der Waals surface area contributed by atoms with Crippen LogP contribution in [0.1, 0.15) is 76.0 Å². The fraction of sp³-hybridized carbons (Fsp3) is 0.727. The summed E-state index contributed by atoms with van der Waals surface area (Å²) in [5, 5.41) is 10.0. The summed E-state index contributed by atoms with van der Waals surface area (Å²) in [5.74, 6) is 0.683. The van der Waals surface area contributed by atoms with Crippen LogP contribution in [0, 0.1) is 0 Å². The summed E-state index contributed by atoms with van der Waals surface area (Å²) >= 11 is 1.96. The van der Waals surface area contributed by atoms with E-state index in [-0.39, 0.29) is 28.9 Å². The second kappa shape index (κ2) is 12.1. The minimum Gasteiger partial charge on any atom is -0.493 e. The molecular weight excluding hydrogens is 408 g/mol. The number of hydrogen-bond donors (Lipinski definition) is 1.